The van der Waals surface area contributed by atoms with E-state index in [1.807, 2.05) is 6.20 Å². The minimum Gasteiger partial charge on any atom is -0.309 e. The lowest BCUT2D eigenvalue weighted by atomic mass is 9.90. The largest absolute Gasteiger partial charge is 0.309 e. The third-order valence-electron chi connectivity index (χ3n) is 8.42. The molecule has 9 rings (SSSR count). The molecule has 0 aliphatic carbocycles. The van der Waals surface area contributed by atoms with Gasteiger partial charge >= 0.3 is 0 Å². The maximum absolute atomic E-state index is 4.85. The number of nitrogens with zero attached hydrogens (tertiary/aromatic N) is 4. The molecule has 4 heteroatoms. The van der Waals surface area contributed by atoms with Gasteiger partial charge in [-0.05, 0) is 65.0 Å². The van der Waals surface area contributed by atoms with Crippen molar-refractivity contribution in [3.05, 3.63) is 146 Å². The normalized spacial score (nSPS) is 12.2. The highest BCUT2D eigenvalue weighted by Gasteiger charge is 2.28. The Hall–Kier alpha value is -5.74. The second-order valence-corrected chi connectivity index (χ2v) is 10.7. The van der Waals surface area contributed by atoms with Crippen LogP contribution in [0.3, 0.4) is 0 Å². The molecule has 3 heterocycles. The molecule has 0 fully saturated rings. The summed E-state index contributed by atoms with van der Waals surface area (Å²) >= 11 is 0. The van der Waals surface area contributed by atoms with Crippen LogP contribution < -0.4 is 4.90 Å². The fourth-order valence-electron chi connectivity index (χ4n) is 6.65. The number of hydrogen-bond acceptors (Lipinski definition) is 3. The number of aromatic nitrogens is 3. The standard InChI is InChI=1S/C38H24N4/c1-2-10-25(11-3-1)27-20-26-12-8-19-35-37(26)32(21-27)38-36(23-39-24-40-38)42(35)29-14-9-13-28(22-29)41-33-17-6-4-15-30(33)31-16-5-7-18-34(31)41/h1-24H. The summed E-state index contributed by atoms with van der Waals surface area (Å²) in [6.45, 7) is 0. The molecular formula is C38H24N4. The zero-order valence-electron chi connectivity index (χ0n) is 22.6. The number of para-hydroxylation sites is 2. The van der Waals surface area contributed by atoms with Crippen LogP contribution in [0.15, 0.2) is 146 Å². The summed E-state index contributed by atoms with van der Waals surface area (Å²) in [7, 11) is 0. The van der Waals surface area contributed by atoms with Crippen molar-refractivity contribution in [2.24, 2.45) is 0 Å². The van der Waals surface area contributed by atoms with Gasteiger partial charge in [0.1, 0.15) is 6.33 Å². The molecule has 0 amide bonds. The number of anilines is 3. The van der Waals surface area contributed by atoms with E-state index in [1.54, 1.807) is 6.33 Å². The van der Waals surface area contributed by atoms with E-state index in [9.17, 15) is 0 Å². The van der Waals surface area contributed by atoms with E-state index in [0.717, 1.165) is 34.0 Å². The Morgan fingerprint density at radius 1 is 0.524 bits per heavy atom. The maximum Gasteiger partial charge on any atom is 0.116 e. The second kappa shape index (κ2) is 8.88. The van der Waals surface area contributed by atoms with Crippen LogP contribution >= 0.6 is 0 Å². The van der Waals surface area contributed by atoms with Crippen LogP contribution in [0.1, 0.15) is 0 Å². The highest BCUT2D eigenvalue weighted by Crippen LogP contribution is 2.51. The number of hydrogen-bond donors (Lipinski definition) is 0. The molecule has 1 aliphatic heterocycles. The molecule has 0 N–H and O–H groups in total. The van der Waals surface area contributed by atoms with Crippen molar-refractivity contribution in [3.8, 4) is 28.1 Å². The van der Waals surface area contributed by atoms with E-state index in [2.05, 4.69) is 148 Å². The first-order valence-electron chi connectivity index (χ1n) is 14.2. The van der Waals surface area contributed by atoms with Gasteiger partial charge in [-0.25, -0.2) is 9.97 Å². The zero-order valence-corrected chi connectivity index (χ0v) is 22.6. The van der Waals surface area contributed by atoms with E-state index in [1.165, 1.54) is 43.7 Å². The van der Waals surface area contributed by atoms with Crippen molar-refractivity contribution in [2.45, 2.75) is 0 Å². The van der Waals surface area contributed by atoms with Gasteiger partial charge in [-0.1, -0.05) is 84.9 Å². The van der Waals surface area contributed by atoms with Crippen molar-refractivity contribution < 1.29 is 0 Å². The third-order valence-corrected chi connectivity index (χ3v) is 8.42. The van der Waals surface area contributed by atoms with Gasteiger partial charge in [0.25, 0.3) is 0 Å². The highest BCUT2D eigenvalue weighted by molar-refractivity contribution is 6.14. The van der Waals surface area contributed by atoms with E-state index < -0.39 is 0 Å². The average Bonchev–Trinajstić information content (AvgIpc) is 3.40. The predicted molar refractivity (Wildman–Crippen MR) is 173 cm³/mol. The molecule has 0 bridgehead atoms. The molecule has 0 spiro atoms. The highest BCUT2D eigenvalue weighted by atomic mass is 15.2. The fraction of sp³-hybridized carbons (Fsp3) is 0. The van der Waals surface area contributed by atoms with E-state index >= 15 is 0 Å². The Kier molecular flexibility index (Phi) is 4.87. The Bertz CT molecular complexity index is 2260. The van der Waals surface area contributed by atoms with Crippen molar-refractivity contribution in [1.82, 2.24) is 14.5 Å². The average molecular weight is 537 g/mol. The first kappa shape index (κ1) is 23.0. The van der Waals surface area contributed by atoms with Gasteiger partial charge in [0.2, 0.25) is 0 Å². The summed E-state index contributed by atoms with van der Waals surface area (Å²) in [6.07, 6.45) is 3.59. The van der Waals surface area contributed by atoms with Crippen LogP contribution in [0.25, 0.3) is 60.6 Å². The van der Waals surface area contributed by atoms with Gasteiger partial charge in [0, 0.05) is 33.1 Å². The molecule has 0 unspecified atom stereocenters. The van der Waals surface area contributed by atoms with Gasteiger partial charge in [-0.15, -0.1) is 0 Å². The summed E-state index contributed by atoms with van der Waals surface area (Å²) < 4.78 is 2.36. The van der Waals surface area contributed by atoms with Crippen molar-refractivity contribution in [2.75, 3.05) is 4.90 Å². The van der Waals surface area contributed by atoms with Gasteiger partial charge in [0.05, 0.1) is 34.3 Å². The van der Waals surface area contributed by atoms with E-state index in [0.29, 0.717) is 0 Å². The van der Waals surface area contributed by atoms with Crippen molar-refractivity contribution >= 4 is 49.6 Å². The molecule has 8 aromatic rings. The van der Waals surface area contributed by atoms with Gasteiger partial charge in [-0.2, -0.15) is 0 Å². The molecule has 42 heavy (non-hydrogen) atoms. The van der Waals surface area contributed by atoms with Crippen LogP contribution in [0.5, 0.6) is 0 Å². The summed E-state index contributed by atoms with van der Waals surface area (Å²) in [5.74, 6) is 0. The zero-order chi connectivity index (χ0) is 27.6. The number of fused-ring (bicyclic) bond motifs is 5. The summed E-state index contributed by atoms with van der Waals surface area (Å²) in [5.41, 5.74) is 11.1. The SMILES string of the molecule is c1ccc(-c2cc3c4c(cccc4c2)N(c2cccc(-n4c5ccccc5c5ccccc54)c2)c2cncnc2-3)cc1. The summed E-state index contributed by atoms with van der Waals surface area (Å²) in [5, 5.41) is 4.90. The van der Waals surface area contributed by atoms with Crippen LogP contribution in [-0.4, -0.2) is 14.5 Å². The Balaban J connectivity index is 1.29. The first-order valence-corrected chi connectivity index (χ1v) is 14.2. The quantitative estimate of drug-likeness (QED) is 0.225. The van der Waals surface area contributed by atoms with Crippen LogP contribution in [0, 0.1) is 0 Å². The molecule has 6 aromatic carbocycles. The lowest BCUT2D eigenvalue weighted by Gasteiger charge is -2.33. The van der Waals surface area contributed by atoms with Gasteiger partial charge in [0.15, 0.2) is 0 Å². The Labute approximate surface area is 242 Å². The fourth-order valence-corrected chi connectivity index (χ4v) is 6.65. The predicted octanol–water partition coefficient (Wildman–Crippen LogP) is 9.84. The molecule has 0 saturated heterocycles. The maximum atomic E-state index is 4.85. The van der Waals surface area contributed by atoms with E-state index in [4.69, 9.17) is 4.98 Å². The van der Waals surface area contributed by atoms with Crippen LogP contribution in [-0.2, 0) is 0 Å². The summed E-state index contributed by atoms with van der Waals surface area (Å²) in [6, 6.07) is 47.7. The van der Waals surface area contributed by atoms with E-state index in [-0.39, 0.29) is 0 Å². The minimum absolute atomic E-state index is 0.939. The lowest BCUT2D eigenvalue weighted by molar-refractivity contribution is 1.12. The Morgan fingerprint density at radius 3 is 2.05 bits per heavy atom. The molecule has 0 saturated carbocycles. The van der Waals surface area contributed by atoms with Crippen molar-refractivity contribution in [3.63, 3.8) is 0 Å². The van der Waals surface area contributed by atoms with Gasteiger partial charge < -0.3 is 9.47 Å². The monoisotopic (exact) mass is 536 g/mol. The smallest absolute Gasteiger partial charge is 0.116 e. The molecule has 0 atom stereocenters. The minimum atomic E-state index is 0.939. The summed E-state index contributed by atoms with van der Waals surface area (Å²) in [4.78, 5) is 11.6. The molecule has 196 valence electrons. The second-order valence-electron chi connectivity index (χ2n) is 10.7. The third kappa shape index (κ3) is 3.29. The molecule has 4 nitrogen and oxygen atoms in total. The number of rotatable bonds is 3. The topological polar surface area (TPSA) is 34.0 Å². The Morgan fingerprint density at radius 2 is 1.24 bits per heavy atom. The molecule has 0 radical (unpaired) electrons. The molecule has 1 aliphatic rings. The number of benzene rings is 6. The van der Waals surface area contributed by atoms with Crippen LogP contribution in [0.4, 0.5) is 17.1 Å². The molecular weight excluding hydrogens is 512 g/mol. The van der Waals surface area contributed by atoms with Crippen LogP contribution in [0.2, 0.25) is 0 Å². The molecule has 2 aromatic heterocycles. The van der Waals surface area contributed by atoms with Gasteiger partial charge in [-0.3, -0.25) is 0 Å². The van der Waals surface area contributed by atoms with Crippen molar-refractivity contribution in [1.29, 1.82) is 0 Å². The lowest BCUT2D eigenvalue weighted by Crippen LogP contribution is -2.16. The first-order chi connectivity index (χ1) is 20.8.